The predicted octanol–water partition coefficient (Wildman–Crippen LogP) is 4.12. The molecule has 0 aliphatic carbocycles. The molecule has 0 spiro atoms. The molecule has 1 aliphatic heterocycles. The normalized spacial score (nSPS) is 14.9. The Morgan fingerprint density at radius 2 is 2.11 bits per heavy atom. The topological polar surface area (TPSA) is 29.5 Å². The maximum absolute atomic E-state index is 10.5. The molecule has 2 aromatic carbocycles. The van der Waals surface area contributed by atoms with Crippen LogP contribution in [0.2, 0.25) is 5.02 Å². The van der Waals surface area contributed by atoms with Gasteiger partial charge in [-0.25, -0.2) is 0 Å². The molecule has 0 aromatic heterocycles. The molecule has 19 heavy (non-hydrogen) atoms. The molecule has 1 atom stereocenters. The van der Waals surface area contributed by atoms with Crippen LogP contribution >= 0.6 is 27.5 Å². The van der Waals surface area contributed by atoms with E-state index in [0.717, 1.165) is 33.3 Å². The summed E-state index contributed by atoms with van der Waals surface area (Å²) in [5.74, 6) is 0.811. The molecular formula is C15H12BrClO2. The first-order valence-electron chi connectivity index (χ1n) is 6.04. The third kappa shape index (κ3) is 2.50. The number of benzene rings is 2. The molecule has 3 rings (SSSR count). The van der Waals surface area contributed by atoms with E-state index in [1.165, 1.54) is 0 Å². The third-order valence-corrected chi connectivity index (χ3v) is 3.92. The molecule has 4 heteroatoms. The van der Waals surface area contributed by atoms with Gasteiger partial charge in [-0.05, 0) is 29.3 Å². The number of hydrogen-bond acceptors (Lipinski definition) is 2. The van der Waals surface area contributed by atoms with E-state index in [0.29, 0.717) is 11.6 Å². The highest BCUT2D eigenvalue weighted by atomic mass is 79.9. The second-order valence-electron chi connectivity index (χ2n) is 4.54. The lowest BCUT2D eigenvalue weighted by atomic mass is 9.98. The van der Waals surface area contributed by atoms with Crippen molar-refractivity contribution >= 4 is 27.5 Å². The first-order chi connectivity index (χ1) is 9.15. The zero-order valence-corrected chi connectivity index (χ0v) is 12.4. The van der Waals surface area contributed by atoms with Crippen molar-refractivity contribution in [3.05, 3.63) is 62.6 Å². The Morgan fingerprint density at radius 3 is 2.89 bits per heavy atom. The summed E-state index contributed by atoms with van der Waals surface area (Å²) in [5.41, 5.74) is 2.70. The van der Waals surface area contributed by atoms with Crippen LogP contribution in [0.3, 0.4) is 0 Å². The number of halogens is 2. The maximum atomic E-state index is 10.5. The summed E-state index contributed by atoms with van der Waals surface area (Å²) in [6, 6.07) is 11.3. The fourth-order valence-corrected chi connectivity index (χ4v) is 3.25. The standard InChI is InChI=1S/C15H12BrClO2/c16-11-6-10(7-12(17)8-11)14(18)13-3-1-2-9-4-5-19-15(9)13/h1-3,6-8,14,18H,4-5H2. The Morgan fingerprint density at radius 1 is 1.26 bits per heavy atom. The van der Waals surface area contributed by atoms with Crippen molar-refractivity contribution < 1.29 is 9.84 Å². The summed E-state index contributed by atoms with van der Waals surface area (Å²) in [6.45, 7) is 0.679. The zero-order chi connectivity index (χ0) is 13.4. The summed E-state index contributed by atoms with van der Waals surface area (Å²) in [6.07, 6.45) is 0.165. The van der Waals surface area contributed by atoms with Crippen molar-refractivity contribution in [3.8, 4) is 5.75 Å². The molecular weight excluding hydrogens is 328 g/mol. The van der Waals surface area contributed by atoms with Gasteiger partial charge < -0.3 is 9.84 Å². The Hall–Kier alpha value is -1.03. The molecule has 2 aromatic rings. The van der Waals surface area contributed by atoms with Gasteiger partial charge in [-0.3, -0.25) is 0 Å². The van der Waals surface area contributed by atoms with Crippen LogP contribution < -0.4 is 4.74 Å². The molecule has 0 amide bonds. The molecule has 1 aliphatic rings. The second kappa shape index (κ2) is 5.16. The van der Waals surface area contributed by atoms with Crippen molar-refractivity contribution in [1.29, 1.82) is 0 Å². The quantitative estimate of drug-likeness (QED) is 0.892. The molecule has 2 nitrogen and oxygen atoms in total. The van der Waals surface area contributed by atoms with Crippen LogP contribution in [0.1, 0.15) is 22.8 Å². The summed E-state index contributed by atoms with van der Waals surface area (Å²) in [5, 5.41) is 11.1. The third-order valence-electron chi connectivity index (χ3n) is 3.24. The van der Waals surface area contributed by atoms with E-state index in [1.54, 1.807) is 12.1 Å². The van der Waals surface area contributed by atoms with Crippen LogP contribution in [0.15, 0.2) is 40.9 Å². The minimum Gasteiger partial charge on any atom is -0.493 e. The number of hydrogen-bond donors (Lipinski definition) is 1. The minimum absolute atomic E-state index is 0.594. The maximum Gasteiger partial charge on any atom is 0.128 e. The minimum atomic E-state index is -0.733. The zero-order valence-electron chi connectivity index (χ0n) is 10.1. The van der Waals surface area contributed by atoms with Crippen molar-refractivity contribution in [2.75, 3.05) is 6.61 Å². The average molecular weight is 340 g/mol. The van der Waals surface area contributed by atoms with Gasteiger partial charge in [0.15, 0.2) is 0 Å². The van der Waals surface area contributed by atoms with Crippen LogP contribution in [0.5, 0.6) is 5.75 Å². The monoisotopic (exact) mass is 338 g/mol. The van der Waals surface area contributed by atoms with E-state index in [-0.39, 0.29) is 0 Å². The Bertz CT molecular complexity index is 607. The number of aliphatic hydroxyl groups excluding tert-OH is 1. The number of fused-ring (bicyclic) bond motifs is 1. The van der Waals surface area contributed by atoms with Crippen molar-refractivity contribution in [2.24, 2.45) is 0 Å². The summed E-state index contributed by atoms with van der Waals surface area (Å²) in [4.78, 5) is 0. The smallest absolute Gasteiger partial charge is 0.128 e. The van der Waals surface area contributed by atoms with E-state index < -0.39 is 6.10 Å². The van der Waals surface area contributed by atoms with Crippen molar-refractivity contribution in [1.82, 2.24) is 0 Å². The lowest BCUT2D eigenvalue weighted by molar-refractivity contribution is 0.213. The van der Waals surface area contributed by atoms with Gasteiger partial charge in [0.1, 0.15) is 11.9 Å². The van der Waals surface area contributed by atoms with Gasteiger partial charge >= 0.3 is 0 Å². The van der Waals surface area contributed by atoms with Gasteiger partial charge in [0, 0.05) is 21.5 Å². The highest BCUT2D eigenvalue weighted by molar-refractivity contribution is 9.10. The van der Waals surface area contributed by atoms with Crippen molar-refractivity contribution in [2.45, 2.75) is 12.5 Å². The van der Waals surface area contributed by atoms with Gasteiger partial charge in [0.25, 0.3) is 0 Å². The van der Waals surface area contributed by atoms with Gasteiger partial charge in [-0.15, -0.1) is 0 Å². The highest BCUT2D eigenvalue weighted by Crippen LogP contribution is 2.37. The van der Waals surface area contributed by atoms with Crippen LogP contribution in [0.25, 0.3) is 0 Å². The van der Waals surface area contributed by atoms with Crippen molar-refractivity contribution in [3.63, 3.8) is 0 Å². The largest absolute Gasteiger partial charge is 0.493 e. The second-order valence-corrected chi connectivity index (χ2v) is 5.89. The predicted molar refractivity (Wildman–Crippen MR) is 78.9 cm³/mol. The average Bonchev–Trinajstić information content (AvgIpc) is 2.84. The van der Waals surface area contributed by atoms with Crippen LogP contribution in [-0.2, 0) is 6.42 Å². The van der Waals surface area contributed by atoms with Crippen LogP contribution in [0.4, 0.5) is 0 Å². The Kier molecular flexibility index (Phi) is 3.52. The molecule has 0 saturated heterocycles. The van der Waals surface area contributed by atoms with Gasteiger partial charge in [0.2, 0.25) is 0 Å². The highest BCUT2D eigenvalue weighted by Gasteiger charge is 2.22. The first kappa shape index (κ1) is 13.0. The molecule has 98 valence electrons. The lowest BCUT2D eigenvalue weighted by Crippen LogP contribution is -2.02. The fraction of sp³-hybridized carbons (Fsp3) is 0.200. The molecule has 0 saturated carbocycles. The SMILES string of the molecule is OC(c1cc(Cl)cc(Br)c1)c1cccc2c1OCC2. The Balaban J connectivity index is 2.04. The first-order valence-corrected chi connectivity index (χ1v) is 7.21. The summed E-state index contributed by atoms with van der Waals surface area (Å²) < 4.78 is 6.48. The van der Waals surface area contributed by atoms with E-state index in [9.17, 15) is 5.11 Å². The fourth-order valence-electron chi connectivity index (χ4n) is 2.37. The molecule has 0 radical (unpaired) electrons. The van der Waals surface area contributed by atoms with Gasteiger partial charge in [-0.1, -0.05) is 45.7 Å². The van der Waals surface area contributed by atoms with Crippen LogP contribution in [-0.4, -0.2) is 11.7 Å². The molecule has 1 unspecified atom stereocenters. The molecule has 1 N–H and O–H groups in total. The summed E-state index contributed by atoms with van der Waals surface area (Å²) >= 11 is 9.42. The number of para-hydroxylation sites is 1. The number of aliphatic hydroxyl groups is 1. The summed E-state index contributed by atoms with van der Waals surface area (Å²) in [7, 11) is 0. The van der Waals surface area contributed by atoms with E-state index >= 15 is 0 Å². The molecule has 0 fully saturated rings. The van der Waals surface area contributed by atoms with Gasteiger partial charge in [-0.2, -0.15) is 0 Å². The van der Waals surface area contributed by atoms with E-state index in [2.05, 4.69) is 15.9 Å². The van der Waals surface area contributed by atoms with Crippen LogP contribution in [0, 0.1) is 0 Å². The number of ether oxygens (including phenoxy) is 1. The molecule has 1 heterocycles. The number of rotatable bonds is 2. The van der Waals surface area contributed by atoms with E-state index in [4.69, 9.17) is 16.3 Å². The molecule has 0 bridgehead atoms. The Labute approximate surface area is 125 Å². The van der Waals surface area contributed by atoms with Gasteiger partial charge in [0.05, 0.1) is 6.61 Å². The lowest BCUT2D eigenvalue weighted by Gasteiger charge is -2.15. The van der Waals surface area contributed by atoms with E-state index in [1.807, 2.05) is 24.3 Å².